The van der Waals surface area contributed by atoms with Crippen LogP contribution in [0.1, 0.15) is 36.9 Å². The van der Waals surface area contributed by atoms with Gasteiger partial charge in [-0.1, -0.05) is 30.8 Å². The zero-order chi connectivity index (χ0) is 21.7. The van der Waals surface area contributed by atoms with Crippen LogP contribution in [0.2, 0.25) is 0 Å². The maximum Gasteiger partial charge on any atom is 0.234 e. The van der Waals surface area contributed by atoms with Gasteiger partial charge in [-0.05, 0) is 84.3 Å². The molecule has 0 unspecified atom stereocenters. The number of nitrogens with zero attached hydrogens (tertiary/aromatic N) is 3. The fraction of sp³-hybridized carbons (Fsp3) is 0.318. The van der Waals surface area contributed by atoms with Crippen molar-refractivity contribution >= 4 is 45.9 Å². The Balaban J connectivity index is 1.58. The molecule has 0 spiro atoms. The molecule has 30 heavy (non-hydrogen) atoms. The largest absolute Gasteiger partial charge is 0.483 e. The molecule has 0 saturated carbocycles. The lowest BCUT2D eigenvalue weighted by Crippen LogP contribution is -2.15. The molecule has 3 rings (SSSR count). The normalized spacial score (nSPS) is 11.9. The number of amides is 1. The van der Waals surface area contributed by atoms with Gasteiger partial charge in [0.2, 0.25) is 5.91 Å². The monoisotopic (exact) mass is 536 g/mol. The zero-order valence-electron chi connectivity index (χ0n) is 17.5. The van der Waals surface area contributed by atoms with E-state index < -0.39 is 0 Å². The van der Waals surface area contributed by atoms with Crippen LogP contribution in [-0.4, -0.2) is 26.4 Å². The molecule has 3 aromatic rings. The fourth-order valence-electron chi connectivity index (χ4n) is 2.95. The Kier molecular flexibility index (Phi) is 7.76. The van der Waals surface area contributed by atoms with Crippen molar-refractivity contribution in [1.82, 2.24) is 14.8 Å². The van der Waals surface area contributed by atoms with E-state index in [1.54, 1.807) is 0 Å². The van der Waals surface area contributed by atoms with Crippen molar-refractivity contribution in [1.29, 1.82) is 0 Å². The summed E-state index contributed by atoms with van der Waals surface area (Å²) >= 11 is 3.61. The van der Waals surface area contributed by atoms with E-state index in [2.05, 4.69) is 57.2 Å². The number of carbonyl (C=O) groups is 1. The highest BCUT2D eigenvalue weighted by Gasteiger charge is 2.18. The lowest BCUT2D eigenvalue weighted by molar-refractivity contribution is -0.113. The van der Waals surface area contributed by atoms with Crippen LogP contribution in [0, 0.1) is 10.5 Å². The van der Waals surface area contributed by atoms with E-state index in [1.165, 1.54) is 17.3 Å². The van der Waals surface area contributed by atoms with Crippen molar-refractivity contribution in [2.24, 2.45) is 7.05 Å². The summed E-state index contributed by atoms with van der Waals surface area (Å²) in [6.07, 6.45) is 0.740. The van der Waals surface area contributed by atoms with E-state index in [9.17, 15) is 4.79 Å². The van der Waals surface area contributed by atoms with Gasteiger partial charge < -0.3 is 14.6 Å². The molecule has 8 heteroatoms. The minimum absolute atomic E-state index is 0.0748. The van der Waals surface area contributed by atoms with Crippen LogP contribution in [-0.2, 0) is 18.3 Å². The topological polar surface area (TPSA) is 69.0 Å². The van der Waals surface area contributed by atoms with Crippen LogP contribution in [0.25, 0.3) is 0 Å². The zero-order valence-corrected chi connectivity index (χ0v) is 20.5. The van der Waals surface area contributed by atoms with Crippen LogP contribution in [0.15, 0.2) is 47.6 Å². The molecule has 0 bridgehead atoms. The summed E-state index contributed by atoms with van der Waals surface area (Å²) in [5, 5.41) is 12.1. The highest BCUT2D eigenvalue weighted by atomic mass is 127. The van der Waals surface area contributed by atoms with Gasteiger partial charge in [-0.25, -0.2) is 0 Å². The Hall–Kier alpha value is -2.07. The Morgan fingerprint density at radius 1 is 1.23 bits per heavy atom. The number of carbonyl (C=O) groups excluding carboxylic acids is 1. The Bertz CT molecular complexity index is 1020. The molecule has 0 aliphatic carbocycles. The lowest BCUT2D eigenvalue weighted by Gasteiger charge is -2.14. The second-order valence-electron chi connectivity index (χ2n) is 6.95. The predicted molar refractivity (Wildman–Crippen MR) is 129 cm³/mol. The first-order valence-corrected chi connectivity index (χ1v) is 11.8. The SMILES string of the molecule is CCc1ccc(O[C@H](C)c2nnc(SCC(=O)Nc3ccc(I)cc3C)n2C)cc1. The van der Waals surface area contributed by atoms with Crippen molar-refractivity contribution < 1.29 is 9.53 Å². The molecule has 0 aliphatic heterocycles. The lowest BCUT2D eigenvalue weighted by atomic mass is 10.2. The second kappa shape index (κ2) is 10.3. The third-order valence-electron chi connectivity index (χ3n) is 4.67. The molecule has 0 fully saturated rings. The summed E-state index contributed by atoms with van der Waals surface area (Å²) < 4.78 is 9.02. The molecule has 6 nitrogen and oxygen atoms in total. The van der Waals surface area contributed by atoms with Crippen molar-refractivity contribution in [3.63, 3.8) is 0 Å². The number of anilines is 1. The van der Waals surface area contributed by atoms with Crippen molar-refractivity contribution in [2.45, 2.75) is 38.5 Å². The molecule has 1 N–H and O–H groups in total. The number of aromatic nitrogens is 3. The van der Waals surface area contributed by atoms with Gasteiger partial charge in [0.25, 0.3) is 0 Å². The van der Waals surface area contributed by atoms with Crippen LogP contribution in [0.4, 0.5) is 5.69 Å². The molecular formula is C22H25IN4O2S. The van der Waals surface area contributed by atoms with Crippen molar-refractivity contribution in [2.75, 3.05) is 11.1 Å². The fourth-order valence-corrected chi connectivity index (χ4v) is 4.32. The number of rotatable bonds is 8. The van der Waals surface area contributed by atoms with Gasteiger partial charge >= 0.3 is 0 Å². The van der Waals surface area contributed by atoms with Crippen LogP contribution in [0.5, 0.6) is 5.75 Å². The third-order valence-corrected chi connectivity index (χ3v) is 6.36. The summed E-state index contributed by atoms with van der Waals surface area (Å²) in [5.74, 6) is 1.69. The average Bonchev–Trinajstić information content (AvgIpc) is 3.09. The van der Waals surface area contributed by atoms with Gasteiger partial charge in [0, 0.05) is 16.3 Å². The van der Waals surface area contributed by atoms with E-state index in [0.29, 0.717) is 11.0 Å². The number of halogens is 1. The first kappa shape index (κ1) is 22.6. The van der Waals surface area contributed by atoms with Crippen molar-refractivity contribution in [3.05, 3.63) is 63.0 Å². The molecule has 0 aliphatic rings. The second-order valence-corrected chi connectivity index (χ2v) is 9.14. The maximum atomic E-state index is 12.4. The maximum absolute atomic E-state index is 12.4. The van der Waals surface area contributed by atoms with E-state index >= 15 is 0 Å². The van der Waals surface area contributed by atoms with E-state index in [0.717, 1.165) is 27.0 Å². The third kappa shape index (κ3) is 5.75. The summed E-state index contributed by atoms with van der Waals surface area (Å²) in [7, 11) is 1.89. The molecule has 0 radical (unpaired) electrons. The highest BCUT2D eigenvalue weighted by molar-refractivity contribution is 14.1. The molecule has 0 saturated heterocycles. The van der Waals surface area contributed by atoms with E-state index in [-0.39, 0.29) is 17.8 Å². The first-order valence-electron chi connectivity index (χ1n) is 9.71. The minimum atomic E-state index is -0.257. The Labute approximate surface area is 195 Å². The molecule has 1 heterocycles. The summed E-state index contributed by atoms with van der Waals surface area (Å²) in [5.41, 5.74) is 3.14. The molecule has 2 aromatic carbocycles. The molecular weight excluding hydrogens is 511 g/mol. The number of benzene rings is 2. The molecule has 158 valence electrons. The summed E-state index contributed by atoms with van der Waals surface area (Å²) in [6.45, 7) is 6.05. The first-order chi connectivity index (χ1) is 14.4. The Morgan fingerprint density at radius 3 is 2.63 bits per heavy atom. The molecule has 1 atom stereocenters. The summed E-state index contributed by atoms with van der Waals surface area (Å²) in [6, 6.07) is 14.0. The number of nitrogens with one attached hydrogen (secondary N) is 1. The highest BCUT2D eigenvalue weighted by Crippen LogP contribution is 2.24. The van der Waals surface area contributed by atoms with E-state index in [4.69, 9.17) is 4.74 Å². The number of ether oxygens (including phenoxy) is 1. The average molecular weight is 536 g/mol. The van der Waals surface area contributed by atoms with Crippen LogP contribution in [0.3, 0.4) is 0 Å². The van der Waals surface area contributed by atoms with Gasteiger partial charge in [0.1, 0.15) is 5.75 Å². The standard InChI is InChI=1S/C22H25IN4O2S/c1-5-16-6-9-18(10-7-16)29-15(3)21-25-26-22(27(21)4)30-13-20(28)24-19-11-8-17(23)12-14(19)2/h6-12,15H,5,13H2,1-4H3,(H,24,28)/t15-/m1/s1. The van der Waals surface area contributed by atoms with Gasteiger partial charge in [0.15, 0.2) is 17.1 Å². The predicted octanol–water partition coefficient (Wildman–Crippen LogP) is 5.16. The Morgan fingerprint density at radius 2 is 1.97 bits per heavy atom. The van der Waals surface area contributed by atoms with Gasteiger partial charge in [-0.15, -0.1) is 10.2 Å². The van der Waals surface area contributed by atoms with Gasteiger partial charge in [-0.3, -0.25) is 4.79 Å². The smallest absolute Gasteiger partial charge is 0.234 e. The van der Waals surface area contributed by atoms with Gasteiger partial charge in [0.05, 0.1) is 5.75 Å². The number of hydrogen-bond donors (Lipinski definition) is 1. The van der Waals surface area contributed by atoms with E-state index in [1.807, 2.05) is 55.8 Å². The van der Waals surface area contributed by atoms with Crippen LogP contribution < -0.4 is 10.1 Å². The van der Waals surface area contributed by atoms with Crippen molar-refractivity contribution in [3.8, 4) is 5.75 Å². The minimum Gasteiger partial charge on any atom is -0.483 e. The number of hydrogen-bond acceptors (Lipinski definition) is 5. The quantitative estimate of drug-likeness (QED) is 0.318. The number of thioether (sulfide) groups is 1. The number of aryl methyl sites for hydroxylation is 2. The molecule has 1 aromatic heterocycles. The summed E-state index contributed by atoms with van der Waals surface area (Å²) in [4.78, 5) is 12.4. The van der Waals surface area contributed by atoms with Gasteiger partial charge in [-0.2, -0.15) is 0 Å². The van der Waals surface area contributed by atoms with Crippen LogP contribution >= 0.6 is 34.4 Å². The molecule has 1 amide bonds.